The van der Waals surface area contributed by atoms with E-state index < -0.39 is 5.97 Å². The van der Waals surface area contributed by atoms with Crippen molar-refractivity contribution in [1.29, 1.82) is 0 Å². The molecule has 0 aliphatic carbocycles. The molecule has 0 saturated carbocycles. The molecule has 0 amide bonds. The molecule has 0 bridgehead atoms. The van der Waals surface area contributed by atoms with Crippen molar-refractivity contribution in [3.63, 3.8) is 0 Å². The summed E-state index contributed by atoms with van der Waals surface area (Å²) in [5.74, 6) is -0.741. The molecule has 2 aromatic rings. The molecular weight excluding hydrogens is 226 g/mol. The lowest BCUT2D eigenvalue weighted by molar-refractivity contribution is -0.136. The van der Waals surface area contributed by atoms with Gasteiger partial charge in [0.2, 0.25) is 0 Å². The summed E-state index contributed by atoms with van der Waals surface area (Å²) < 4.78 is 2.18. The fourth-order valence-corrected chi connectivity index (χ4v) is 2.59. The first kappa shape index (κ1) is 12.7. The summed E-state index contributed by atoms with van der Waals surface area (Å²) >= 11 is 0. The first-order chi connectivity index (χ1) is 8.43. The van der Waals surface area contributed by atoms with Crippen molar-refractivity contribution >= 4 is 16.9 Å². The van der Waals surface area contributed by atoms with Gasteiger partial charge < -0.3 is 9.67 Å². The second-order valence-electron chi connectivity index (χ2n) is 4.92. The summed E-state index contributed by atoms with van der Waals surface area (Å²) in [6.45, 7) is 6.29. The minimum atomic E-state index is -0.741. The molecule has 0 radical (unpaired) electrons. The van der Waals surface area contributed by atoms with Crippen LogP contribution >= 0.6 is 0 Å². The zero-order valence-corrected chi connectivity index (χ0v) is 11.4. The van der Waals surface area contributed by atoms with Gasteiger partial charge in [-0.3, -0.25) is 4.79 Å². The molecule has 0 spiro atoms. The molecule has 1 N–H and O–H groups in total. The second kappa shape index (κ2) is 4.48. The molecule has 0 saturated heterocycles. The molecule has 96 valence electrons. The Kier molecular flexibility index (Phi) is 3.16. The third-order valence-electron chi connectivity index (χ3n) is 3.89. The summed E-state index contributed by atoms with van der Waals surface area (Å²) in [6.07, 6.45) is 0.786. The van der Waals surface area contributed by atoms with Gasteiger partial charge in [-0.2, -0.15) is 0 Å². The first-order valence-corrected chi connectivity index (χ1v) is 6.19. The number of nitrogens with zero attached hydrogens (tertiary/aromatic N) is 1. The van der Waals surface area contributed by atoms with Crippen LogP contribution in [0.25, 0.3) is 10.9 Å². The van der Waals surface area contributed by atoms with E-state index in [-0.39, 0.29) is 6.42 Å². The van der Waals surface area contributed by atoms with Crippen molar-refractivity contribution in [2.75, 3.05) is 0 Å². The van der Waals surface area contributed by atoms with Crippen molar-refractivity contribution < 1.29 is 9.90 Å². The van der Waals surface area contributed by atoms with Gasteiger partial charge in [-0.15, -0.1) is 0 Å². The molecule has 0 atom stereocenters. The predicted octanol–water partition coefficient (Wildman–Crippen LogP) is 3.12. The van der Waals surface area contributed by atoms with Crippen LogP contribution in [-0.2, 0) is 18.3 Å². The van der Waals surface area contributed by atoms with Gasteiger partial charge in [0, 0.05) is 24.5 Å². The van der Waals surface area contributed by atoms with Crippen LogP contribution in [0.5, 0.6) is 0 Å². The Morgan fingerprint density at radius 1 is 1.28 bits per heavy atom. The number of fused-ring (bicyclic) bond motifs is 1. The van der Waals surface area contributed by atoms with E-state index in [1.165, 1.54) is 27.7 Å². The van der Waals surface area contributed by atoms with Gasteiger partial charge in [0.05, 0.1) is 5.52 Å². The molecular formula is C15H19NO2. The first-order valence-electron chi connectivity index (χ1n) is 6.19. The number of carboxylic acid groups (broad SMARTS) is 1. The number of carbonyl (C=O) groups is 1. The quantitative estimate of drug-likeness (QED) is 0.902. The van der Waals surface area contributed by atoms with Crippen LogP contribution in [0.15, 0.2) is 12.1 Å². The molecule has 3 nitrogen and oxygen atoms in total. The molecule has 3 heteroatoms. The molecule has 1 aromatic heterocycles. The van der Waals surface area contributed by atoms with Crippen molar-refractivity contribution in [2.45, 2.75) is 33.6 Å². The smallest absolute Gasteiger partial charge is 0.303 e. The lowest BCUT2D eigenvalue weighted by Gasteiger charge is -2.05. The fourth-order valence-electron chi connectivity index (χ4n) is 2.59. The third kappa shape index (κ3) is 1.90. The number of aliphatic carboxylic acids is 1. The van der Waals surface area contributed by atoms with Gasteiger partial charge in [-0.05, 0) is 43.9 Å². The Hall–Kier alpha value is -1.77. The van der Waals surface area contributed by atoms with E-state index in [1.807, 2.05) is 7.05 Å². The van der Waals surface area contributed by atoms with Gasteiger partial charge >= 0.3 is 5.97 Å². The number of carboxylic acids is 1. The highest BCUT2D eigenvalue weighted by atomic mass is 16.4. The summed E-state index contributed by atoms with van der Waals surface area (Å²) in [4.78, 5) is 10.7. The average molecular weight is 245 g/mol. The molecule has 0 aliphatic heterocycles. The van der Waals surface area contributed by atoms with Crippen molar-refractivity contribution in [3.05, 3.63) is 34.5 Å². The monoisotopic (exact) mass is 245 g/mol. The van der Waals surface area contributed by atoms with Crippen LogP contribution in [-0.4, -0.2) is 15.6 Å². The number of rotatable bonds is 3. The maximum atomic E-state index is 10.7. The zero-order valence-electron chi connectivity index (χ0n) is 11.4. The maximum Gasteiger partial charge on any atom is 0.303 e. The van der Waals surface area contributed by atoms with E-state index in [9.17, 15) is 4.79 Å². The Morgan fingerprint density at radius 2 is 1.94 bits per heavy atom. The predicted molar refractivity (Wildman–Crippen MR) is 73.1 cm³/mol. The van der Waals surface area contributed by atoms with Crippen LogP contribution in [0.2, 0.25) is 0 Å². The van der Waals surface area contributed by atoms with Crippen molar-refractivity contribution in [2.24, 2.45) is 7.05 Å². The second-order valence-corrected chi connectivity index (χ2v) is 4.92. The number of hydrogen-bond acceptors (Lipinski definition) is 1. The Labute approximate surface area is 107 Å². The van der Waals surface area contributed by atoms with E-state index in [0.29, 0.717) is 6.42 Å². The Balaban J connectivity index is 2.64. The SMILES string of the molecule is Cc1ccc2c(CCC(=O)O)c(C)n(C)c2c1C. The summed E-state index contributed by atoms with van der Waals surface area (Å²) in [5.41, 5.74) is 6.11. The van der Waals surface area contributed by atoms with Gasteiger partial charge in [-0.1, -0.05) is 12.1 Å². The van der Waals surface area contributed by atoms with E-state index in [4.69, 9.17) is 5.11 Å². The van der Waals surface area contributed by atoms with Gasteiger partial charge in [0.1, 0.15) is 0 Å². The van der Waals surface area contributed by atoms with Crippen molar-refractivity contribution in [1.82, 2.24) is 4.57 Å². The minimum absolute atomic E-state index is 0.187. The van der Waals surface area contributed by atoms with Crippen LogP contribution in [0.1, 0.15) is 28.8 Å². The molecule has 0 unspecified atom stereocenters. The average Bonchev–Trinajstić information content (AvgIpc) is 2.55. The normalized spacial score (nSPS) is 11.1. The van der Waals surface area contributed by atoms with Crippen LogP contribution in [0.3, 0.4) is 0 Å². The highest BCUT2D eigenvalue weighted by Gasteiger charge is 2.15. The largest absolute Gasteiger partial charge is 0.481 e. The lowest BCUT2D eigenvalue weighted by Crippen LogP contribution is -1.99. The van der Waals surface area contributed by atoms with Crippen LogP contribution in [0, 0.1) is 20.8 Å². The molecule has 0 fully saturated rings. The topological polar surface area (TPSA) is 42.2 Å². The third-order valence-corrected chi connectivity index (χ3v) is 3.89. The minimum Gasteiger partial charge on any atom is -0.481 e. The van der Waals surface area contributed by atoms with E-state index >= 15 is 0 Å². The van der Waals surface area contributed by atoms with E-state index in [1.54, 1.807) is 0 Å². The molecule has 0 aliphatic rings. The van der Waals surface area contributed by atoms with E-state index in [0.717, 1.165) is 5.56 Å². The standard InChI is InChI=1S/C15H19NO2/c1-9-5-6-13-12(7-8-14(17)18)11(3)16(4)15(13)10(9)2/h5-6H,7-8H2,1-4H3,(H,17,18). The summed E-state index contributed by atoms with van der Waals surface area (Å²) in [6, 6.07) is 4.23. The number of hydrogen-bond donors (Lipinski definition) is 1. The van der Waals surface area contributed by atoms with Gasteiger partial charge in [0.25, 0.3) is 0 Å². The Morgan fingerprint density at radius 3 is 2.56 bits per heavy atom. The summed E-state index contributed by atoms with van der Waals surface area (Å²) in [7, 11) is 2.05. The van der Waals surface area contributed by atoms with E-state index in [2.05, 4.69) is 37.5 Å². The number of benzene rings is 1. The Bertz CT molecular complexity index is 623. The molecule has 1 aromatic carbocycles. The highest BCUT2D eigenvalue weighted by Crippen LogP contribution is 2.29. The van der Waals surface area contributed by atoms with Gasteiger partial charge in [0.15, 0.2) is 0 Å². The van der Waals surface area contributed by atoms with Crippen molar-refractivity contribution in [3.8, 4) is 0 Å². The van der Waals surface area contributed by atoms with Crippen LogP contribution in [0.4, 0.5) is 0 Å². The number of aryl methyl sites for hydroxylation is 4. The molecule has 18 heavy (non-hydrogen) atoms. The van der Waals surface area contributed by atoms with Gasteiger partial charge in [-0.25, -0.2) is 0 Å². The summed E-state index contributed by atoms with van der Waals surface area (Å²) in [5, 5.41) is 10.0. The maximum absolute atomic E-state index is 10.7. The highest BCUT2D eigenvalue weighted by molar-refractivity contribution is 5.89. The fraction of sp³-hybridized carbons (Fsp3) is 0.400. The lowest BCUT2D eigenvalue weighted by atomic mass is 10.0. The molecule has 1 heterocycles. The van der Waals surface area contributed by atoms with Crippen LogP contribution < -0.4 is 0 Å². The molecule has 2 rings (SSSR count). The number of aromatic nitrogens is 1. The zero-order chi connectivity index (χ0) is 13.4.